The number of fused-ring (bicyclic) bond motifs is 1. The van der Waals surface area contributed by atoms with Crippen LogP contribution in [-0.4, -0.2) is 22.5 Å². The SMILES string of the molecule is CC(C)(C)OC(=O)n1c(-c2ccccc2)c(C=O)c2ccccc21. The normalized spacial score (nSPS) is 11.5. The highest BCUT2D eigenvalue weighted by Gasteiger charge is 2.26. The van der Waals surface area contributed by atoms with E-state index in [1.165, 1.54) is 4.57 Å². The van der Waals surface area contributed by atoms with Crippen LogP contribution in [0.15, 0.2) is 54.6 Å². The van der Waals surface area contributed by atoms with Crippen molar-refractivity contribution in [1.82, 2.24) is 4.57 Å². The molecule has 1 heterocycles. The standard InChI is InChI=1S/C20H19NO3/c1-20(2,3)24-19(23)21-17-12-8-7-11-15(17)16(13-22)18(21)14-9-5-4-6-10-14/h4-13H,1-3H3. The molecule has 0 bridgehead atoms. The predicted molar refractivity (Wildman–Crippen MR) is 94.4 cm³/mol. The van der Waals surface area contributed by atoms with Crippen molar-refractivity contribution in [3.05, 3.63) is 60.2 Å². The monoisotopic (exact) mass is 321 g/mol. The van der Waals surface area contributed by atoms with E-state index >= 15 is 0 Å². The zero-order valence-electron chi connectivity index (χ0n) is 13.9. The molecule has 0 aliphatic heterocycles. The van der Waals surface area contributed by atoms with Gasteiger partial charge >= 0.3 is 6.09 Å². The molecule has 0 saturated carbocycles. The van der Waals surface area contributed by atoms with E-state index in [-0.39, 0.29) is 0 Å². The van der Waals surface area contributed by atoms with E-state index in [1.54, 1.807) is 0 Å². The summed E-state index contributed by atoms with van der Waals surface area (Å²) in [6.07, 6.45) is 0.302. The third kappa shape index (κ3) is 2.83. The summed E-state index contributed by atoms with van der Waals surface area (Å²) in [5, 5.41) is 0.734. The van der Waals surface area contributed by atoms with Gasteiger partial charge in [-0.3, -0.25) is 4.79 Å². The minimum atomic E-state index is -0.627. The van der Waals surface area contributed by atoms with E-state index in [4.69, 9.17) is 4.74 Å². The summed E-state index contributed by atoms with van der Waals surface area (Å²) in [5.41, 5.74) is 1.87. The van der Waals surface area contributed by atoms with E-state index in [0.717, 1.165) is 17.2 Å². The number of benzene rings is 2. The van der Waals surface area contributed by atoms with Crippen molar-refractivity contribution >= 4 is 23.3 Å². The highest BCUT2D eigenvalue weighted by atomic mass is 16.6. The molecule has 4 heteroatoms. The molecule has 3 aromatic rings. The minimum Gasteiger partial charge on any atom is -0.443 e. The highest BCUT2D eigenvalue weighted by Crippen LogP contribution is 2.33. The lowest BCUT2D eigenvalue weighted by atomic mass is 10.1. The first kappa shape index (κ1) is 16.0. The number of hydrogen-bond donors (Lipinski definition) is 0. The third-order valence-corrected chi connectivity index (χ3v) is 3.65. The lowest BCUT2D eigenvalue weighted by Gasteiger charge is -2.21. The number of carbonyl (C=O) groups excluding carboxylic acids is 2. The number of ether oxygens (including phenoxy) is 1. The molecule has 0 unspecified atom stereocenters. The maximum atomic E-state index is 12.8. The molecule has 24 heavy (non-hydrogen) atoms. The molecule has 0 fully saturated rings. The molecule has 0 N–H and O–H groups in total. The summed E-state index contributed by atoms with van der Waals surface area (Å²) in [5.74, 6) is 0. The predicted octanol–water partition coefficient (Wildman–Crippen LogP) is 4.90. The number of aromatic nitrogens is 1. The second kappa shape index (κ2) is 5.96. The smallest absolute Gasteiger partial charge is 0.419 e. The molecule has 0 spiro atoms. The first-order chi connectivity index (χ1) is 11.4. The van der Waals surface area contributed by atoms with Crippen LogP contribution >= 0.6 is 0 Å². The molecule has 122 valence electrons. The van der Waals surface area contributed by atoms with Gasteiger partial charge in [-0.05, 0) is 32.4 Å². The van der Waals surface area contributed by atoms with Crippen molar-refractivity contribution in [2.75, 3.05) is 0 Å². The van der Waals surface area contributed by atoms with Gasteiger partial charge in [0, 0.05) is 10.9 Å². The lowest BCUT2D eigenvalue weighted by molar-refractivity contribution is 0.0547. The van der Waals surface area contributed by atoms with Crippen molar-refractivity contribution in [2.24, 2.45) is 0 Å². The van der Waals surface area contributed by atoms with Gasteiger partial charge in [0.05, 0.1) is 11.2 Å². The summed E-state index contributed by atoms with van der Waals surface area (Å²) < 4.78 is 7.05. The first-order valence-corrected chi connectivity index (χ1v) is 7.80. The topological polar surface area (TPSA) is 48.3 Å². The quantitative estimate of drug-likeness (QED) is 0.630. The average molecular weight is 321 g/mol. The molecule has 3 rings (SSSR count). The van der Waals surface area contributed by atoms with Crippen LogP contribution in [0.1, 0.15) is 31.1 Å². The maximum absolute atomic E-state index is 12.8. The van der Waals surface area contributed by atoms with Crippen LogP contribution in [0.5, 0.6) is 0 Å². The molecular formula is C20H19NO3. The van der Waals surface area contributed by atoms with Crippen LogP contribution in [0.3, 0.4) is 0 Å². The molecule has 0 aliphatic rings. The fraction of sp³-hybridized carbons (Fsp3) is 0.200. The zero-order valence-corrected chi connectivity index (χ0v) is 13.9. The van der Waals surface area contributed by atoms with Gasteiger partial charge in [-0.25, -0.2) is 9.36 Å². The Morgan fingerprint density at radius 3 is 2.25 bits per heavy atom. The second-order valence-electron chi connectivity index (χ2n) is 6.58. The van der Waals surface area contributed by atoms with Crippen molar-refractivity contribution in [2.45, 2.75) is 26.4 Å². The van der Waals surface area contributed by atoms with E-state index in [2.05, 4.69) is 0 Å². The van der Waals surface area contributed by atoms with E-state index in [1.807, 2.05) is 75.4 Å². The van der Waals surface area contributed by atoms with Crippen LogP contribution in [0.2, 0.25) is 0 Å². The van der Waals surface area contributed by atoms with Gasteiger partial charge in [0.25, 0.3) is 0 Å². The van der Waals surface area contributed by atoms with Crippen molar-refractivity contribution in [3.63, 3.8) is 0 Å². The Kier molecular flexibility index (Phi) is 3.97. The van der Waals surface area contributed by atoms with Crippen LogP contribution in [-0.2, 0) is 4.74 Å². The fourth-order valence-electron chi connectivity index (χ4n) is 2.76. The van der Waals surface area contributed by atoms with Crippen LogP contribution < -0.4 is 0 Å². The maximum Gasteiger partial charge on any atom is 0.419 e. The fourth-order valence-corrected chi connectivity index (χ4v) is 2.76. The van der Waals surface area contributed by atoms with Crippen molar-refractivity contribution in [3.8, 4) is 11.3 Å². The zero-order chi connectivity index (χ0) is 17.3. The Morgan fingerprint density at radius 2 is 1.62 bits per heavy atom. The molecule has 1 aromatic heterocycles. The number of hydrogen-bond acceptors (Lipinski definition) is 3. The van der Waals surface area contributed by atoms with E-state index in [9.17, 15) is 9.59 Å². The summed E-state index contributed by atoms with van der Waals surface area (Å²) in [4.78, 5) is 24.6. The molecule has 0 radical (unpaired) electrons. The van der Waals surface area contributed by atoms with Gasteiger partial charge in [-0.2, -0.15) is 0 Å². The number of para-hydroxylation sites is 1. The minimum absolute atomic E-state index is 0.489. The molecule has 0 amide bonds. The number of carbonyl (C=O) groups is 2. The molecule has 4 nitrogen and oxygen atoms in total. The molecular weight excluding hydrogens is 302 g/mol. The summed E-state index contributed by atoms with van der Waals surface area (Å²) >= 11 is 0. The average Bonchev–Trinajstić information content (AvgIpc) is 2.88. The van der Waals surface area contributed by atoms with Gasteiger partial charge in [0.15, 0.2) is 6.29 Å². The molecule has 0 atom stereocenters. The van der Waals surface area contributed by atoms with E-state index in [0.29, 0.717) is 16.8 Å². The second-order valence-corrected chi connectivity index (χ2v) is 6.58. The lowest BCUT2D eigenvalue weighted by Crippen LogP contribution is -2.27. The van der Waals surface area contributed by atoms with Gasteiger partial charge < -0.3 is 4.74 Å². The number of rotatable bonds is 2. The third-order valence-electron chi connectivity index (χ3n) is 3.65. The summed E-state index contributed by atoms with van der Waals surface area (Å²) in [6.45, 7) is 5.46. The van der Waals surface area contributed by atoms with Gasteiger partial charge in [0.1, 0.15) is 5.60 Å². The number of nitrogens with zero attached hydrogens (tertiary/aromatic N) is 1. The van der Waals surface area contributed by atoms with E-state index < -0.39 is 11.7 Å². The van der Waals surface area contributed by atoms with Crippen LogP contribution in [0.25, 0.3) is 22.2 Å². The summed E-state index contributed by atoms with van der Waals surface area (Å²) in [7, 11) is 0. The van der Waals surface area contributed by atoms with Crippen molar-refractivity contribution in [1.29, 1.82) is 0 Å². The Morgan fingerprint density at radius 1 is 1.00 bits per heavy atom. The summed E-state index contributed by atoms with van der Waals surface area (Å²) in [6, 6.07) is 16.7. The highest BCUT2D eigenvalue weighted by molar-refractivity contribution is 6.08. The molecule has 0 saturated heterocycles. The Bertz CT molecular complexity index is 902. The Labute approximate surface area is 140 Å². The van der Waals surface area contributed by atoms with Crippen molar-refractivity contribution < 1.29 is 14.3 Å². The van der Waals surface area contributed by atoms with Crippen LogP contribution in [0.4, 0.5) is 4.79 Å². The Balaban J connectivity index is 2.34. The first-order valence-electron chi connectivity index (χ1n) is 7.80. The largest absolute Gasteiger partial charge is 0.443 e. The van der Waals surface area contributed by atoms with Gasteiger partial charge in [0.2, 0.25) is 0 Å². The number of aldehydes is 1. The molecule has 2 aromatic carbocycles. The van der Waals surface area contributed by atoms with Gasteiger partial charge in [-0.1, -0.05) is 48.5 Å². The van der Waals surface area contributed by atoms with Crippen LogP contribution in [0, 0.1) is 0 Å². The molecule has 0 aliphatic carbocycles. The Hall–Kier alpha value is -2.88. The van der Waals surface area contributed by atoms with Gasteiger partial charge in [-0.15, -0.1) is 0 Å².